The molecule has 0 aromatic heterocycles. The van der Waals surface area contributed by atoms with Gasteiger partial charge in [0, 0.05) is 15.1 Å². The van der Waals surface area contributed by atoms with E-state index in [2.05, 4.69) is 5.32 Å². The summed E-state index contributed by atoms with van der Waals surface area (Å²) >= 11 is 23.0. The number of carbonyl (C=O) groups is 2. The summed E-state index contributed by atoms with van der Waals surface area (Å²) in [4.78, 5) is 26.3. The smallest absolute Gasteiger partial charge is 0.270 e. The minimum atomic E-state index is -0.591. The Bertz CT molecular complexity index is 926. The van der Waals surface area contributed by atoms with Crippen molar-refractivity contribution in [2.24, 2.45) is 0 Å². The van der Waals surface area contributed by atoms with Crippen LogP contribution >= 0.6 is 47.0 Å². The van der Waals surface area contributed by atoms with Crippen molar-refractivity contribution < 1.29 is 9.59 Å². The monoisotopic (exact) mass is 410 g/mol. The summed E-state index contributed by atoms with van der Waals surface area (Å²) in [7, 11) is 0. The van der Waals surface area contributed by atoms with Gasteiger partial charge in [-0.25, -0.2) is 0 Å². The first-order valence-corrected chi connectivity index (χ1v) is 8.53. The molecular weight excluding hydrogens is 403 g/mol. The Kier molecular flexibility index (Phi) is 5.11. The summed E-state index contributed by atoms with van der Waals surface area (Å²) in [6.45, 7) is 0. The van der Waals surface area contributed by atoms with Crippen molar-refractivity contribution in [3.05, 3.63) is 68.7 Å². The van der Waals surface area contributed by atoms with E-state index in [9.17, 15) is 9.59 Å². The van der Waals surface area contributed by atoms with E-state index in [1.54, 1.807) is 36.4 Å². The van der Waals surface area contributed by atoms with Gasteiger partial charge in [-0.3, -0.25) is 19.8 Å². The molecule has 2 aromatic carbocycles. The van der Waals surface area contributed by atoms with Crippen LogP contribution in [0.1, 0.15) is 5.56 Å². The van der Waals surface area contributed by atoms with E-state index in [-0.39, 0.29) is 10.7 Å². The average molecular weight is 412 g/mol. The summed E-state index contributed by atoms with van der Waals surface area (Å²) in [5, 5.41) is 3.80. The zero-order chi connectivity index (χ0) is 18.1. The number of carbonyl (C=O) groups excluding carboxylic acids is 2. The Morgan fingerprint density at radius 3 is 2.24 bits per heavy atom. The third-order valence-electron chi connectivity index (χ3n) is 3.45. The zero-order valence-corrected chi connectivity index (χ0v) is 15.5. The van der Waals surface area contributed by atoms with E-state index in [4.69, 9.17) is 47.0 Å². The van der Waals surface area contributed by atoms with E-state index in [0.29, 0.717) is 26.3 Å². The average Bonchev–Trinajstić information content (AvgIpc) is 2.55. The molecule has 1 aliphatic heterocycles. The molecule has 1 aliphatic rings. The van der Waals surface area contributed by atoms with Gasteiger partial charge in [0.15, 0.2) is 5.11 Å². The van der Waals surface area contributed by atoms with Crippen LogP contribution in [0, 0.1) is 0 Å². The van der Waals surface area contributed by atoms with Crippen molar-refractivity contribution in [2.75, 3.05) is 4.90 Å². The largest absolute Gasteiger partial charge is 0.298 e. The minimum Gasteiger partial charge on any atom is -0.298 e. The van der Waals surface area contributed by atoms with Crippen molar-refractivity contribution in [3.63, 3.8) is 0 Å². The second-order valence-electron chi connectivity index (χ2n) is 5.10. The number of anilines is 1. The van der Waals surface area contributed by atoms with Crippen LogP contribution in [0.2, 0.25) is 15.1 Å². The molecule has 0 aliphatic carbocycles. The fourth-order valence-corrected chi connectivity index (χ4v) is 3.13. The number of hydrogen-bond donors (Lipinski definition) is 1. The number of halogens is 3. The van der Waals surface area contributed by atoms with Crippen LogP contribution in [0.4, 0.5) is 5.69 Å². The van der Waals surface area contributed by atoms with Crippen molar-refractivity contribution >= 4 is 75.7 Å². The first kappa shape index (κ1) is 17.9. The van der Waals surface area contributed by atoms with Gasteiger partial charge in [-0.15, -0.1) is 0 Å². The van der Waals surface area contributed by atoms with Gasteiger partial charge in [0.1, 0.15) is 5.57 Å². The normalized spacial score (nSPS) is 16.4. The second-order valence-corrected chi connectivity index (χ2v) is 6.77. The number of rotatable bonds is 2. The number of nitrogens with zero attached hydrogens (tertiary/aromatic N) is 1. The Hall–Kier alpha value is -1.92. The molecule has 2 aromatic rings. The van der Waals surface area contributed by atoms with Gasteiger partial charge in [0.25, 0.3) is 11.8 Å². The molecule has 2 amide bonds. The van der Waals surface area contributed by atoms with Crippen LogP contribution in [0.5, 0.6) is 0 Å². The van der Waals surface area contributed by atoms with Crippen molar-refractivity contribution in [1.82, 2.24) is 5.32 Å². The maximum absolute atomic E-state index is 12.8. The quantitative estimate of drug-likeness (QED) is 0.450. The molecule has 8 heteroatoms. The van der Waals surface area contributed by atoms with Gasteiger partial charge in [0.2, 0.25) is 0 Å². The number of thiocarbonyl (C=S) groups is 1. The van der Waals surface area contributed by atoms with Crippen molar-refractivity contribution in [1.29, 1.82) is 0 Å². The van der Waals surface area contributed by atoms with Crippen LogP contribution in [0.3, 0.4) is 0 Å². The summed E-state index contributed by atoms with van der Waals surface area (Å²) in [6, 6.07) is 11.3. The van der Waals surface area contributed by atoms with Crippen LogP contribution in [0.25, 0.3) is 6.08 Å². The molecule has 1 fully saturated rings. The third kappa shape index (κ3) is 3.70. The molecule has 0 radical (unpaired) electrons. The molecule has 1 saturated heterocycles. The van der Waals surface area contributed by atoms with Gasteiger partial charge >= 0.3 is 0 Å². The zero-order valence-electron chi connectivity index (χ0n) is 12.4. The lowest BCUT2D eigenvalue weighted by Gasteiger charge is -2.29. The highest BCUT2D eigenvalue weighted by molar-refractivity contribution is 7.80. The lowest BCUT2D eigenvalue weighted by molar-refractivity contribution is -0.122. The van der Waals surface area contributed by atoms with Gasteiger partial charge in [-0.2, -0.15) is 0 Å². The molecule has 3 rings (SSSR count). The van der Waals surface area contributed by atoms with E-state index in [1.165, 1.54) is 17.0 Å². The second kappa shape index (κ2) is 7.14. The van der Waals surface area contributed by atoms with E-state index >= 15 is 0 Å². The van der Waals surface area contributed by atoms with Crippen LogP contribution in [0.15, 0.2) is 48.0 Å². The van der Waals surface area contributed by atoms with Crippen molar-refractivity contribution in [3.8, 4) is 0 Å². The number of amides is 2. The highest BCUT2D eigenvalue weighted by Gasteiger charge is 2.34. The topological polar surface area (TPSA) is 49.4 Å². The highest BCUT2D eigenvalue weighted by atomic mass is 35.5. The number of nitrogens with one attached hydrogen (secondary N) is 1. The van der Waals surface area contributed by atoms with Crippen LogP contribution in [-0.4, -0.2) is 16.9 Å². The standard InChI is InChI=1S/C17H9Cl3N2O2S/c18-10-3-5-12(6-4-10)22-16(24)13(15(23)21-17(22)25)7-9-1-2-11(19)8-14(9)20/h1-8H,(H,21,23,25). The number of hydrogen-bond acceptors (Lipinski definition) is 3. The summed E-state index contributed by atoms with van der Waals surface area (Å²) in [5.74, 6) is -1.15. The molecule has 0 bridgehead atoms. The van der Waals surface area contributed by atoms with Gasteiger partial charge in [-0.05, 0) is 60.3 Å². The molecule has 0 saturated carbocycles. The molecule has 1 N–H and O–H groups in total. The molecule has 1 heterocycles. The van der Waals surface area contributed by atoms with E-state index in [1.807, 2.05) is 0 Å². The van der Waals surface area contributed by atoms with E-state index in [0.717, 1.165) is 0 Å². The number of benzene rings is 2. The summed E-state index contributed by atoms with van der Waals surface area (Å²) in [5.41, 5.74) is 0.897. The Morgan fingerprint density at radius 2 is 1.60 bits per heavy atom. The predicted molar refractivity (Wildman–Crippen MR) is 104 cm³/mol. The van der Waals surface area contributed by atoms with Crippen LogP contribution < -0.4 is 10.2 Å². The Balaban J connectivity index is 2.03. The van der Waals surface area contributed by atoms with E-state index < -0.39 is 11.8 Å². The first-order valence-electron chi connectivity index (χ1n) is 6.99. The van der Waals surface area contributed by atoms with Gasteiger partial charge in [0.05, 0.1) is 5.69 Å². The third-order valence-corrected chi connectivity index (χ3v) is 4.55. The maximum Gasteiger partial charge on any atom is 0.270 e. The first-order chi connectivity index (χ1) is 11.9. The van der Waals surface area contributed by atoms with Crippen molar-refractivity contribution in [2.45, 2.75) is 0 Å². The lowest BCUT2D eigenvalue weighted by Crippen LogP contribution is -2.54. The fraction of sp³-hybridized carbons (Fsp3) is 0. The Labute approximate surface area is 164 Å². The molecule has 0 spiro atoms. The molecular formula is C17H9Cl3N2O2S. The molecule has 25 heavy (non-hydrogen) atoms. The lowest BCUT2D eigenvalue weighted by atomic mass is 10.1. The molecule has 0 unspecified atom stereocenters. The molecule has 0 atom stereocenters. The van der Waals surface area contributed by atoms with Gasteiger partial charge < -0.3 is 0 Å². The summed E-state index contributed by atoms with van der Waals surface area (Å²) in [6.07, 6.45) is 1.40. The van der Waals surface area contributed by atoms with Crippen LogP contribution in [-0.2, 0) is 9.59 Å². The summed E-state index contributed by atoms with van der Waals surface area (Å²) < 4.78 is 0. The SMILES string of the molecule is O=C1NC(=S)N(c2ccc(Cl)cc2)C(=O)C1=Cc1ccc(Cl)cc1Cl. The van der Waals surface area contributed by atoms with Gasteiger partial charge in [-0.1, -0.05) is 40.9 Å². The highest BCUT2D eigenvalue weighted by Crippen LogP contribution is 2.26. The maximum atomic E-state index is 12.8. The molecule has 4 nitrogen and oxygen atoms in total. The Morgan fingerprint density at radius 1 is 0.960 bits per heavy atom. The molecule has 126 valence electrons. The minimum absolute atomic E-state index is 0.00308. The predicted octanol–water partition coefficient (Wildman–Crippen LogP) is 4.48. The fourth-order valence-electron chi connectivity index (χ4n) is 2.26.